The van der Waals surface area contributed by atoms with Gasteiger partial charge in [0.2, 0.25) is 0 Å². The minimum Gasteiger partial charge on any atom is -0.338 e. The second kappa shape index (κ2) is 5.65. The topological polar surface area (TPSA) is 46.3 Å². The van der Waals surface area contributed by atoms with E-state index in [1.165, 1.54) is 0 Å². The van der Waals surface area contributed by atoms with Gasteiger partial charge in [-0.05, 0) is 43.2 Å². The van der Waals surface area contributed by atoms with Gasteiger partial charge in [-0.25, -0.2) is 8.78 Å². The highest BCUT2D eigenvalue weighted by Crippen LogP contribution is 2.36. The molecule has 1 heterocycles. The third kappa shape index (κ3) is 2.83. The third-order valence-corrected chi connectivity index (χ3v) is 5.06. The van der Waals surface area contributed by atoms with E-state index < -0.39 is 23.1 Å². The summed E-state index contributed by atoms with van der Waals surface area (Å²) in [6.07, 6.45) is 2.84. The Kier molecular flexibility index (Phi) is 4.01. The molecule has 3 rings (SSSR count). The quantitative estimate of drug-likeness (QED) is 0.838. The Labute approximate surface area is 130 Å². The molecule has 1 saturated heterocycles. The maximum Gasteiger partial charge on any atom is 0.259 e. The molecule has 21 heavy (non-hydrogen) atoms. The second-order valence-electron chi connectivity index (χ2n) is 6.05. The van der Waals surface area contributed by atoms with Gasteiger partial charge in [-0.2, -0.15) is 0 Å². The number of nitrogens with two attached hydrogens (primary N) is 1. The predicted molar refractivity (Wildman–Crippen MR) is 78.8 cm³/mol. The van der Waals surface area contributed by atoms with Gasteiger partial charge in [-0.3, -0.25) is 4.79 Å². The van der Waals surface area contributed by atoms with Gasteiger partial charge in [0.05, 0.1) is 0 Å². The number of carbonyl (C=O) groups is 1. The average Bonchev–Trinajstić information content (AvgIpc) is 2.80. The van der Waals surface area contributed by atoms with Gasteiger partial charge in [-0.15, -0.1) is 0 Å². The standard InChI is InChI=1S/C15H17BrF2N2O/c16-10-4-12(17)14(13(18)5-10)15(21)20-6-8-1-2-11(19)3-9(8)7-20/h4-5,8-9,11H,1-3,6-7,19H2/t8-,9+,11?/m1/s1. The third-order valence-electron chi connectivity index (χ3n) is 4.60. The number of halogens is 3. The van der Waals surface area contributed by atoms with Crippen LogP contribution in [0.1, 0.15) is 29.6 Å². The highest BCUT2D eigenvalue weighted by atomic mass is 79.9. The van der Waals surface area contributed by atoms with Crippen molar-refractivity contribution in [2.75, 3.05) is 13.1 Å². The zero-order valence-corrected chi connectivity index (χ0v) is 13.1. The molecule has 3 atom stereocenters. The molecule has 0 spiro atoms. The molecule has 114 valence electrons. The Morgan fingerprint density at radius 2 is 1.81 bits per heavy atom. The van der Waals surface area contributed by atoms with Gasteiger partial charge >= 0.3 is 0 Å². The molecule has 1 aliphatic carbocycles. The summed E-state index contributed by atoms with van der Waals surface area (Å²) in [6, 6.07) is 2.42. The van der Waals surface area contributed by atoms with E-state index in [0.29, 0.717) is 24.9 Å². The predicted octanol–water partition coefficient (Wildman–Crippen LogP) is 2.93. The van der Waals surface area contributed by atoms with E-state index in [1.54, 1.807) is 4.90 Å². The molecular weight excluding hydrogens is 342 g/mol. The first kappa shape index (κ1) is 14.9. The van der Waals surface area contributed by atoms with Crippen molar-refractivity contribution in [1.29, 1.82) is 0 Å². The van der Waals surface area contributed by atoms with Crippen LogP contribution in [-0.4, -0.2) is 29.9 Å². The molecule has 0 bridgehead atoms. The molecule has 3 nitrogen and oxygen atoms in total. The molecule has 1 aliphatic heterocycles. The van der Waals surface area contributed by atoms with Gasteiger partial charge in [0.15, 0.2) is 0 Å². The van der Waals surface area contributed by atoms with Crippen LogP contribution >= 0.6 is 15.9 Å². The van der Waals surface area contributed by atoms with E-state index in [0.717, 1.165) is 31.4 Å². The number of nitrogens with zero attached hydrogens (tertiary/aromatic N) is 1. The first-order valence-electron chi connectivity index (χ1n) is 7.15. The van der Waals surface area contributed by atoms with Crippen LogP contribution in [0.15, 0.2) is 16.6 Å². The maximum atomic E-state index is 13.9. The van der Waals surface area contributed by atoms with Crippen molar-refractivity contribution >= 4 is 21.8 Å². The first-order chi connectivity index (χ1) is 9.95. The van der Waals surface area contributed by atoms with E-state index in [9.17, 15) is 13.6 Å². The Morgan fingerprint density at radius 1 is 1.19 bits per heavy atom. The van der Waals surface area contributed by atoms with Gasteiger partial charge < -0.3 is 10.6 Å². The van der Waals surface area contributed by atoms with E-state index in [-0.39, 0.29) is 10.5 Å². The van der Waals surface area contributed by atoms with Gasteiger partial charge in [-0.1, -0.05) is 15.9 Å². The number of carbonyl (C=O) groups excluding carboxylic acids is 1. The van der Waals surface area contributed by atoms with Gasteiger partial charge in [0.1, 0.15) is 17.2 Å². The van der Waals surface area contributed by atoms with Crippen molar-refractivity contribution in [3.05, 3.63) is 33.8 Å². The zero-order chi connectivity index (χ0) is 15.1. The van der Waals surface area contributed by atoms with Crippen LogP contribution in [0.4, 0.5) is 8.78 Å². The van der Waals surface area contributed by atoms with Crippen LogP contribution in [0.25, 0.3) is 0 Å². The normalized spacial score (nSPS) is 28.6. The van der Waals surface area contributed by atoms with E-state index in [4.69, 9.17) is 5.73 Å². The number of fused-ring (bicyclic) bond motifs is 1. The summed E-state index contributed by atoms with van der Waals surface area (Å²) in [7, 11) is 0. The number of rotatable bonds is 1. The van der Waals surface area contributed by atoms with Gasteiger partial charge in [0, 0.05) is 23.6 Å². The van der Waals surface area contributed by atoms with Crippen LogP contribution in [0.5, 0.6) is 0 Å². The zero-order valence-electron chi connectivity index (χ0n) is 11.5. The summed E-state index contributed by atoms with van der Waals surface area (Å²) in [4.78, 5) is 14.0. The minimum atomic E-state index is -0.821. The summed E-state index contributed by atoms with van der Waals surface area (Å²) in [6.45, 7) is 1.12. The maximum absolute atomic E-state index is 13.9. The lowest BCUT2D eigenvalue weighted by Gasteiger charge is -2.27. The van der Waals surface area contributed by atoms with Crippen molar-refractivity contribution in [3.63, 3.8) is 0 Å². The van der Waals surface area contributed by atoms with Crippen LogP contribution in [0.2, 0.25) is 0 Å². The summed E-state index contributed by atoms with van der Waals surface area (Å²) in [5, 5.41) is 0. The van der Waals surface area contributed by atoms with Crippen molar-refractivity contribution in [2.45, 2.75) is 25.3 Å². The molecule has 1 saturated carbocycles. The smallest absolute Gasteiger partial charge is 0.259 e. The number of likely N-dealkylation sites (tertiary alicyclic amines) is 1. The molecular formula is C15H17BrF2N2O. The summed E-state index contributed by atoms with van der Waals surface area (Å²) in [5.74, 6) is -1.42. The molecule has 0 aromatic heterocycles. The fourth-order valence-electron chi connectivity index (χ4n) is 3.54. The Hall–Kier alpha value is -1.01. The SMILES string of the molecule is NC1CC[C@@H]2CN(C(=O)c3c(F)cc(Br)cc3F)C[C@@H]2C1. The summed E-state index contributed by atoms with van der Waals surface area (Å²) < 4.78 is 28.1. The number of hydrogen-bond acceptors (Lipinski definition) is 2. The van der Waals surface area contributed by atoms with Crippen molar-refractivity contribution in [2.24, 2.45) is 17.6 Å². The molecule has 1 aromatic carbocycles. The fraction of sp³-hybridized carbons (Fsp3) is 0.533. The molecule has 1 aromatic rings. The van der Waals surface area contributed by atoms with Crippen LogP contribution < -0.4 is 5.73 Å². The molecule has 1 amide bonds. The Morgan fingerprint density at radius 3 is 2.48 bits per heavy atom. The molecule has 6 heteroatoms. The van der Waals surface area contributed by atoms with E-state index in [2.05, 4.69) is 15.9 Å². The number of amides is 1. The monoisotopic (exact) mass is 358 g/mol. The summed E-state index contributed by atoms with van der Waals surface area (Å²) in [5.41, 5.74) is 5.50. The number of hydrogen-bond donors (Lipinski definition) is 1. The molecule has 2 N–H and O–H groups in total. The lowest BCUT2D eigenvalue weighted by molar-refractivity contribution is 0.0774. The number of benzene rings is 1. The summed E-state index contributed by atoms with van der Waals surface area (Å²) >= 11 is 3.02. The van der Waals surface area contributed by atoms with Crippen molar-refractivity contribution in [3.8, 4) is 0 Å². The highest BCUT2D eigenvalue weighted by Gasteiger charge is 2.39. The first-order valence-corrected chi connectivity index (χ1v) is 7.94. The minimum absolute atomic E-state index is 0.183. The van der Waals surface area contributed by atoms with E-state index >= 15 is 0 Å². The molecule has 2 fully saturated rings. The Bertz CT molecular complexity index is 558. The molecule has 1 unspecified atom stereocenters. The molecule has 2 aliphatic rings. The molecule has 0 radical (unpaired) electrons. The fourth-order valence-corrected chi connectivity index (χ4v) is 3.94. The lowest BCUT2D eigenvalue weighted by Crippen LogP contribution is -2.32. The highest BCUT2D eigenvalue weighted by molar-refractivity contribution is 9.10. The van der Waals surface area contributed by atoms with E-state index in [1.807, 2.05) is 0 Å². The van der Waals surface area contributed by atoms with Crippen LogP contribution in [0, 0.1) is 23.5 Å². The average molecular weight is 359 g/mol. The van der Waals surface area contributed by atoms with Crippen molar-refractivity contribution < 1.29 is 13.6 Å². The lowest BCUT2D eigenvalue weighted by atomic mass is 9.79. The largest absolute Gasteiger partial charge is 0.338 e. The second-order valence-corrected chi connectivity index (χ2v) is 6.96. The van der Waals surface area contributed by atoms with Gasteiger partial charge in [0.25, 0.3) is 5.91 Å². The van der Waals surface area contributed by atoms with Crippen LogP contribution in [-0.2, 0) is 0 Å². The van der Waals surface area contributed by atoms with Crippen LogP contribution in [0.3, 0.4) is 0 Å². The Balaban J connectivity index is 1.81. The van der Waals surface area contributed by atoms with Crippen molar-refractivity contribution in [1.82, 2.24) is 4.90 Å².